The third-order valence-electron chi connectivity index (χ3n) is 4.04. The van der Waals surface area contributed by atoms with Crippen LogP contribution in [0.4, 0.5) is 0 Å². The van der Waals surface area contributed by atoms with Crippen LogP contribution in [0.5, 0.6) is 0 Å². The van der Waals surface area contributed by atoms with Gasteiger partial charge in [0.1, 0.15) is 0 Å². The molecule has 5 heteroatoms. The number of hydrogen-bond donors (Lipinski definition) is 2. The van der Waals surface area contributed by atoms with E-state index in [1.54, 1.807) is 0 Å². The molecule has 2 aliphatic rings. The van der Waals surface area contributed by atoms with Gasteiger partial charge in [0.25, 0.3) is 0 Å². The normalized spacial score (nSPS) is 29.1. The number of thioether (sulfide) groups is 1. The lowest BCUT2D eigenvalue weighted by atomic mass is 9.97. The fraction of sp³-hybridized carbons (Fsp3) is 0.846. The summed E-state index contributed by atoms with van der Waals surface area (Å²) in [5.74, 6) is 3.40. The van der Waals surface area contributed by atoms with Gasteiger partial charge in [0.15, 0.2) is 0 Å². The molecule has 2 atom stereocenters. The van der Waals surface area contributed by atoms with Crippen LogP contribution < -0.4 is 11.1 Å². The molecule has 0 radical (unpaired) electrons. The molecular formula is C13H22N2OS2. The van der Waals surface area contributed by atoms with Crippen molar-refractivity contribution in [2.45, 2.75) is 44.6 Å². The van der Waals surface area contributed by atoms with Crippen molar-refractivity contribution in [3.05, 3.63) is 0 Å². The van der Waals surface area contributed by atoms with Crippen LogP contribution in [0.25, 0.3) is 0 Å². The minimum Gasteiger partial charge on any atom is -0.393 e. The van der Waals surface area contributed by atoms with Crippen LogP contribution in [0, 0.1) is 11.8 Å². The predicted octanol–water partition coefficient (Wildman–Crippen LogP) is 2.09. The highest BCUT2D eigenvalue weighted by Gasteiger charge is 2.30. The average molecular weight is 286 g/mol. The molecule has 1 heterocycles. The Labute approximate surface area is 119 Å². The fourth-order valence-corrected chi connectivity index (χ4v) is 4.44. The van der Waals surface area contributed by atoms with Crippen molar-refractivity contribution in [2.24, 2.45) is 17.6 Å². The number of hydrogen-bond acceptors (Lipinski definition) is 3. The van der Waals surface area contributed by atoms with Gasteiger partial charge in [-0.2, -0.15) is 11.8 Å². The van der Waals surface area contributed by atoms with Gasteiger partial charge < -0.3 is 11.1 Å². The number of nitrogens with one attached hydrogen (secondary N) is 1. The van der Waals surface area contributed by atoms with E-state index in [0.717, 1.165) is 19.3 Å². The van der Waals surface area contributed by atoms with Crippen molar-refractivity contribution in [1.82, 2.24) is 5.32 Å². The Morgan fingerprint density at radius 1 is 1.28 bits per heavy atom. The first-order valence-corrected chi connectivity index (χ1v) is 8.39. The maximum atomic E-state index is 12.0. The molecular weight excluding hydrogens is 264 g/mol. The van der Waals surface area contributed by atoms with E-state index in [-0.39, 0.29) is 17.9 Å². The van der Waals surface area contributed by atoms with Crippen molar-refractivity contribution >= 4 is 34.9 Å². The molecule has 1 aliphatic carbocycles. The van der Waals surface area contributed by atoms with Gasteiger partial charge >= 0.3 is 0 Å². The van der Waals surface area contributed by atoms with Crippen LogP contribution in [-0.2, 0) is 4.79 Å². The van der Waals surface area contributed by atoms with Crippen LogP contribution in [0.2, 0.25) is 0 Å². The van der Waals surface area contributed by atoms with E-state index >= 15 is 0 Å². The number of nitrogens with two attached hydrogens (primary N) is 1. The minimum absolute atomic E-state index is 0.188. The molecule has 2 unspecified atom stereocenters. The van der Waals surface area contributed by atoms with E-state index in [1.807, 2.05) is 11.8 Å². The number of carbonyl (C=O) groups is 1. The van der Waals surface area contributed by atoms with Gasteiger partial charge in [0.05, 0.1) is 4.99 Å². The summed E-state index contributed by atoms with van der Waals surface area (Å²) in [4.78, 5) is 12.6. The van der Waals surface area contributed by atoms with E-state index in [1.165, 1.54) is 24.3 Å². The van der Waals surface area contributed by atoms with Gasteiger partial charge in [-0.1, -0.05) is 18.6 Å². The number of rotatable bonds is 4. The SMILES string of the molecule is NC(=S)C1CCCC1NC(=O)CC1CCSCC1. The first-order valence-electron chi connectivity index (χ1n) is 6.83. The summed E-state index contributed by atoms with van der Waals surface area (Å²) in [6, 6.07) is 0.188. The van der Waals surface area contributed by atoms with Crippen molar-refractivity contribution in [2.75, 3.05) is 11.5 Å². The zero-order chi connectivity index (χ0) is 13.0. The summed E-state index contributed by atoms with van der Waals surface area (Å²) in [5, 5.41) is 3.14. The summed E-state index contributed by atoms with van der Waals surface area (Å²) in [6.07, 6.45) is 6.21. The molecule has 3 nitrogen and oxygen atoms in total. The first kappa shape index (κ1) is 14.1. The van der Waals surface area contributed by atoms with Gasteiger partial charge in [-0.25, -0.2) is 0 Å². The monoisotopic (exact) mass is 286 g/mol. The lowest BCUT2D eigenvalue weighted by molar-refractivity contribution is -0.122. The highest BCUT2D eigenvalue weighted by Crippen LogP contribution is 2.28. The zero-order valence-electron chi connectivity index (χ0n) is 10.7. The van der Waals surface area contributed by atoms with Gasteiger partial charge in [-0.05, 0) is 43.1 Å². The molecule has 0 aromatic carbocycles. The highest BCUT2D eigenvalue weighted by molar-refractivity contribution is 7.99. The third-order valence-corrected chi connectivity index (χ3v) is 5.39. The lowest BCUT2D eigenvalue weighted by Gasteiger charge is -2.24. The summed E-state index contributed by atoms with van der Waals surface area (Å²) in [6.45, 7) is 0. The summed E-state index contributed by atoms with van der Waals surface area (Å²) >= 11 is 7.07. The van der Waals surface area contributed by atoms with Crippen LogP contribution in [0.1, 0.15) is 38.5 Å². The molecule has 18 heavy (non-hydrogen) atoms. The van der Waals surface area contributed by atoms with Crippen molar-refractivity contribution in [3.63, 3.8) is 0 Å². The first-order chi connectivity index (χ1) is 8.66. The smallest absolute Gasteiger partial charge is 0.220 e. The van der Waals surface area contributed by atoms with Crippen molar-refractivity contribution in [3.8, 4) is 0 Å². The van der Waals surface area contributed by atoms with Crippen LogP contribution in [0.3, 0.4) is 0 Å². The fourth-order valence-electron chi connectivity index (χ4n) is 2.95. The summed E-state index contributed by atoms with van der Waals surface area (Å²) < 4.78 is 0. The molecule has 0 bridgehead atoms. The van der Waals surface area contributed by atoms with Gasteiger partial charge in [0, 0.05) is 18.4 Å². The van der Waals surface area contributed by atoms with Crippen LogP contribution in [0.15, 0.2) is 0 Å². The van der Waals surface area contributed by atoms with Crippen molar-refractivity contribution < 1.29 is 4.79 Å². The van der Waals surface area contributed by atoms with Crippen LogP contribution in [-0.4, -0.2) is 28.4 Å². The Bertz CT molecular complexity index is 316. The standard InChI is InChI=1S/C13H22N2OS2/c14-13(17)10-2-1-3-11(10)15-12(16)8-9-4-6-18-7-5-9/h9-11H,1-8H2,(H2,14,17)(H,15,16). The third kappa shape index (κ3) is 3.85. The largest absolute Gasteiger partial charge is 0.393 e. The summed E-state index contributed by atoms with van der Waals surface area (Å²) in [7, 11) is 0. The maximum Gasteiger partial charge on any atom is 0.220 e. The molecule has 1 amide bonds. The molecule has 1 saturated heterocycles. The topological polar surface area (TPSA) is 55.1 Å². The van der Waals surface area contributed by atoms with E-state index in [2.05, 4.69) is 5.32 Å². The number of carbonyl (C=O) groups excluding carboxylic acids is 1. The molecule has 102 valence electrons. The molecule has 3 N–H and O–H groups in total. The molecule has 1 aliphatic heterocycles. The summed E-state index contributed by atoms with van der Waals surface area (Å²) in [5.41, 5.74) is 5.73. The maximum absolute atomic E-state index is 12.0. The molecule has 0 aromatic rings. The second kappa shape index (κ2) is 6.75. The Morgan fingerprint density at radius 3 is 2.67 bits per heavy atom. The number of thiocarbonyl (C=S) groups is 1. The van der Waals surface area contributed by atoms with E-state index in [4.69, 9.17) is 18.0 Å². The second-order valence-corrected chi connectivity index (χ2v) is 7.07. The zero-order valence-corrected chi connectivity index (χ0v) is 12.3. The van der Waals surface area contributed by atoms with Crippen LogP contribution >= 0.6 is 24.0 Å². The van der Waals surface area contributed by atoms with Gasteiger partial charge in [-0.3, -0.25) is 4.79 Å². The highest BCUT2D eigenvalue weighted by atomic mass is 32.2. The average Bonchev–Trinajstić information content (AvgIpc) is 2.78. The lowest BCUT2D eigenvalue weighted by Crippen LogP contribution is -2.42. The Morgan fingerprint density at radius 2 is 2.00 bits per heavy atom. The Hall–Kier alpha value is -0.290. The second-order valence-electron chi connectivity index (χ2n) is 5.37. The Balaban J connectivity index is 1.77. The molecule has 1 saturated carbocycles. The van der Waals surface area contributed by atoms with E-state index < -0.39 is 0 Å². The Kier molecular flexibility index (Phi) is 5.30. The predicted molar refractivity (Wildman–Crippen MR) is 80.7 cm³/mol. The molecule has 0 spiro atoms. The van der Waals surface area contributed by atoms with Gasteiger partial charge in [0.2, 0.25) is 5.91 Å². The quantitative estimate of drug-likeness (QED) is 0.777. The molecule has 0 aromatic heterocycles. The van der Waals surface area contributed by atoms with Crippen molar-refractivity contribution in [1.29, 1.82) is 0 Å². The molecule has 2 rings (SSSR count). The number of amides is 1. The molecule has 2 fully saturated rings. The van der Waals surface area contributed by atoms with Gasteiger partial charge in [-0.15, -0.1) is 0 Å². The van der Waals surface area contributed by atoms with E-state index in [0.29, 0.717) is 17.3 Å². The van der Waals surface area contributed by atoms with E-state index in [9.17, 15) is 4.79 Å². The minimum atomic E-state index is 0.188.